The first-order valence-corrected chi connectivity index (χ1v) is 9.53. The molecular formula is C18H13ClN4O3S2. The minimum atomic E-state index is -0.497. The number of carbonyl (C=O) groups is 1. The Bertz CT molecular complexity index is 1090. The quantitative estimate of drug-likeness (QED) is 0.268. The van der Waals surface area contributed by atoms with Crippen molar-refractivity contribution in [2.75, 3.05) is 5.32 Å². The molecule has 2 aromatic carbocycles. The number of nitrogens with zero attached hydrogens (tertiary/aromatic N) is 2. The molecule has 0 aliphatic carbocycles. The molecule has 3 aromatic rings. The zero-order valence-corrected chi connectivity index (χ0v) is 16.8. The smallest absolute Gasteiger partial charge is 0.270 e. The second-order valence-electron chi connectivity index (χ2n) is 5.72. The number of rotatable bonds is 4. The van der Waals surface area contributed by atoms with Crippen molar-refractivity contribution in [1.82, 2.24) is 10.3 Å². The molecule has 0 saturated heterocycles. The average molecular weight is 433 g/mol. The minimum absolute atomic E-state index is 0.0501. The van der Waals surface area contributed by atoms with Crippen molar-refractivity contribution in [3.8, 4) is 0 Å². The number of thiocarbonyl (C=S) groups is 1. The summed E-state index contributed by atoms with van der Waals surface area (Å²) in [4.78, 5) is 26.7. The van der Waals surface area contributed by atoms with E-state index < -0.39 is 10.8 Å². The Hall–Kier alpha value is -2.88. The fourth-order valence-electron chi connectivity index (χ4n) is 2.30. The van der Waals surface area contributed by atoms with E-state index in [2.05, 4.69) is 15.6 Å². The number of aromatic nitrogens is 1. The molecule has 0 fully saturated rings. The van der Waals surface area contributed by atoms with Crippen molar-refractivity contribution >= 4 is 73.3 Å². The molecule has 0 aliphatic heterocycles. The third kappa shape index (κ3) is 4.89. The van der Waals surface area contributed by atoms with Crippen LogP contribution in [0.25, 0.3) is 16.3 Å². The maximum atomic E-state index is 12.0. The number of hydrogen-bond acceptors (Lipinski definition) is 6. The lowest BCUT2D eigenvalue weighted by Crippen LogP contribution is -2.32. The standard InChI is InChI=1S/C18H13ClN4O3S2/c1-10-7-15-14(9-13(10)19)20-18(28-15)22-17(27)21-16(24)6-5-11-3-2-4-12(8-11)23(25)26/h2-9H,1H3,(H2,20,21,22,24,27). The normalized spacial score (nSPS) is 10.9. The number of carbonyl (C=O) groups excluding carboxylic acids is 1. The summed E-state index contributed by atoms with van der Waals surface area (Å²) in [6.07, 6.45) is 2.71. The highest BCUT2D eigenvalue weighted by Gasteiger charge is 2.09. The molecule has 0 radical (unpaired) electrons. The van der Waals surface area contributed by atoms with Crippen molar-refractivity contribution in [1.29, 1.82) is 0 Å². The van der Waals surface area contributed by atoms with Gasteiger partial charge in [-0.3, -0.25) is 20.2 Å². The average Bonchev–Trinajstić information content (AvgIpc) is 3.01. The molecule has 10 heteroatoms. The van der Waals surface area contributed by atoms with Crippen molar-refractivity contribution in [2.24, 2.45) is 0 Å². The van der Waals surface area contributed by atoms with Gasteiger partial charge in [-0.1, -0.05) is 35.1 Å². The number of nitro groups is 1. The van der Waals surface area contributed by atoms with Crippen LogP contribution in [-0.2, 0) is 4.79 Å². The van der Waals surface area contributed by atoms with E-state index in [9.17, 15) is 14.9 Å². The van der Waals surface area contributed by atoms with Crippen molar-refractivity contribution in [3.05, 3.63) is 68.7 Å². The Morgan fingerprint density at radius 3 is 2.89 bits per heavy atom. The molecule has 7 nitrogen and oxygen atoms in total. The van der Waals surface area contributed by atoms with E-state index in [-0.39, 0.29) is 10.8 Å². The van der Waals surface area contributed by atoms with E-state index >= 15 is 0 Å². The van der Waals surface area contributed by atoms with Crippen LogP contribution in [0.15, 0.2) is 42.5 Å². The second kappa shape index (κ2) is 8.42. The molecule has 0 saturated carbocycles. The van der Waals surface area contributed by atoms with Crippen molar-refractivity contribution in [3.63, 3.8) is 0 Å². The van der Waals surface area contributed by atoms with Crippen LogP contribution in [0, 0.1) is 17.0 Å². The van der Waals surface area contributed by atoms with E-state index in [1.165, 1.54) is 35.6 Å². The van der Waals surface area contributed by atoms with E-state index in [1.807, 2.05) is 13.0 Å². The van der Waals surface area contributed by atoms with Crippen LogP contribution in [0.4, 0.5) is 10.8 Å². The largest absolute Gasteiger partial charge is 0.308 e. The summed E-state index contributed by atoms with van der Waals surface area (Å²) < 4.78 is 0.948. The number of non-ortho nitro benzene ring substituents is 1. The Balaban J connectivity index is 1.62. The van der Waals surface area contributed by atoms with Gasteiger partial charge in [0.15, 0.2) is 10.2 Å². The number of hydrogen-bond donors (Lipinski definition) is 2. The molecule has 142 valence electrons. The molecule has 0 aliphatic rings. The molecule has 1 aromatic heterocycles. The summed E-state index contributed by atoms with van der Waals surface area (Å²) in [5, 5.41) is 17.4. The Morgan fingerprint density at radius 2 is 2.14 bits per heavy atom. The van der Waals surface area contributed by atoms with Gasteiger partial charge in [0.25, 0.3) is 5.69 Å². The number of benzene rings is 2. The van der Waals surface area contributed by atoms with Gasteiger partial charge in [0.05, 0.1) is 15.1 Å². The molecule has 0 unspecified atom stereocenters. The zero-order chi connectivity index (χ0) is 20.3. The van der Waals surface area contributed by atoms with Gasteiger partial charge < -0.3 is 5.32 Å². The van der Waals surface area contributed by atoms with Crippen molar-refractivity contribution in [2.45, 2.75) is 6.92 Å². The number of aryl methyl sites for hydroxylation is 1. The Labute approximate surface area is 174 Å². The summed E-state index contributed by atoms with van der Waals surface area (Å²) in [5.41, 5.74) is 2.17. The summed E-state index contributed by atoms with van der Waals surface area (Å²) in [5.74, 6) is -0.469. The van der Waals surface area contributed by atoms with Crippen LogP contribution in [0.5, 0.6) is 0 Å². The van der Waals surface area contributed by atoms with Gasteiger partial charge in [0.2, 0.25) is 5.91 Å². The van der Waals surface area contributed by atoms with Gasteiger partial charge in [-0.15, -0.1) is 0 Å². The predicted octanol–water partition coefficient (Wildman–Crippen LogP) is 4.69. The second-order valence-corrected chi connectivity index (χ2v) is 7.56. The van der Waals surface area contributed by atoms with E-state index in [1.54, 1.807) is 18.2 Å². The number of nitro benzene ring substituents is 1. The third-order valence-electron chi connectivity index (χ3n) is 3.63. The molecule has 0 atom stereocenters. The van der Waals surface area contributed by atoms with Crippen molar-refractivity contribution < 1.29 is 9.72 Å². The lowest BCUT2D eigenvalue weighted by atomic mass is 10.2. The van der Waals surface area contributed by atoms with Gasteiger partial charge in [-0.05, 0) is 48.5 Å². The highest BCUT2D eigenvalue weighted by molar-refractivity contribution is 7.80. The first-order valence-electron chi connectivity index (χ1n) is 7.93. The van der Waals surface area contributed by atoms with Crippen LogP contribution in [-0.4, -0.2) is 20.9 Å². The monoisotopic (exact) mass is 432 g/mol. The lowest BCUT2D eigenvalue weighted by Gasteiger charge is -2.04. The molecule has 1 heterocycles. The van der Waals surface area contributed by atoms with Crippen LogP contribution < -0.4 is 10.6 Å². The predicted molar refractivity (Wildman–Crippen MR) is 116 cm³/mol. The summed E-state index contributed by atoms with van der Waals surface area (Å²) >= 11 is 12.6. The molecule has 0 bridgehead atoms. The zero-order valence-electron chi connectivity index (χ0n) is 14.4. The number of fused-ring (bicyclic) bond motifs is 1. The maximum absolute atomic E-state index is 12.0. The molecule has 2 N–H and O–H groups in total. The van der Waals surface area contributed by atoms with Crippen LogP contribution in [0.2, 0.25) is 5.02 Å². The van der Waals surface area contributed by atoms with E-state index in [4.69, 9.17) is 23.8 Å². The van der Waals surface area contributed by atoms with Gasteiger partial charge in [-0.25, -0.2) is 4.98 Å². The fraction of sp³-hybridized carbons (Fsp3) is 0.0556. The summed E-state index contributed by atoms with van der Waals surface area (Å²) in [6, 6.07) is 9.66. The Morgan fingerprint density at radius 1 is 1.36 bits per heavy atom. The fourth-order valence-corrected chi connectivity index (χ4v) is 3.67. The van der Waals surface area contributed by atoms with E-state index in [0.717, 1.165) is 15.8 Å². The van der Waals surface area contributed by atoms with Crippen LogP contribution in [0.3, 0.4) is 0 Å². The third-order valence-corrected chi connectivity index (χ3v) is 5.18. The summed E-state index contributed by atoms with van der Waals surface area (Å²) in [6.45, 7) is 1.91. The lowest BCUT2D eigenvalue weighted by molar-refractivity contribution is -0.384. The number of anilines is 1. The topological polar surface area (TPSA) is 97.2 Å². The first kappa shape index (κ1) is 19.9. The van der Waals surface area contributed by atoms with Gasteiger partial charge >= 0.3 is 0 Å². The molecule has 0 spiro atoms. The molecule has 1 amide bonds. The number of halogens is 1. The maximum Gasteiger partial charge on any atom is 0.270 e. The minimum Gasteiger partial charge on any atom is -0.308 e. The van der Waals surface area contributed by atoms with E-state index in [0.29, 0.717) is 15.7 Å². The Kier molecular flexibility index (Phi) is 5.98. The number of amides is 1. The van der Waals surface area contributed by atoms with Gasteiger partial charge in [0, 0.05) is 23.2 Å². The molecular weight excluding hydrogens is 420 g/mol. The molecule has 28 heavy (non-hydrogen) atoms. The van der Waals surface area contributed by atoms with Gasteiger partial charge in [0.1, 0.15) is 0 Å². The first-order chi connectivity index (χ1) is 13.3. The van der Waals surface area contributed by atoms with Crippen LogP contribution in [0.1, 0.15) is 11.1 Å². The SMILES string of the molecule is Cc1cc2sc(NC(=S)NC(=O)C=Cc3cccc([N+](=O)[O-])c3)nc2cc1Cl. The number of nitrogens with one attached hydrogen (secondary N) is 2. The highest BCUT2D eigenvalue weighted by Crippen LogP contribution is 2.30. The number of thiazole rings is 1. The van der Waals surface area contributed by atoms with Crippen LogP contribution >= 0.6 is 35.2 Å². The highest BCUT2D eigenvalue weighted by atomic mass is 35.5. The summed E-state index contributed by atoms with van der Waals surface area (Å²) in [7, 11) is 0. The molecule has 3 rings (SSSR count). The van der Waals surface area contributed by atoms with Gasteiger partial charge in [-0.2, -0.15) is 0 Å².